The van der Waals surface area contributed by atoms with Crippen LogP contribution in [0.15, 0.2) is 0 Å². The van der Waals surface area contributed by atoms with Crippen molar-refractivity contribution in [1.82, 2.24) is 0 Å². The third kappa shape index (κ3) is 4170. The van der Waals surface area contributed by atoms with Crippen LogP contribution in [0.3, 0.4) is 0 Å². The van der Waals surface area contributed by atoms with Crippen LogP contribution in [0.5, 0.6) is 0 Å². The first-order valence-corrected chi connectivity index (χ1v) is 1.54. The molecule has 0 aromatic rings. The maximum Gasteiger partial charge on any atom is 0.0866 e. The number of hydrogen-bond acceptors (Lipinski definition) is 1. The van der Waals surface area contributed by atoms with Gasteiger partial charge in [0.1, 0.15) is 0 Å². The monoisotopic (exact) mass is 130 g/mol. The highest BCUT2D eigenvalue weighted by molar-refractivity contribution is 3.86. The van der Waals surface area contributed by atoms with E-state index in [0.29, 0.717) is 0 Å². The van der Waals surface area contributed by atoms with Crippen molar-refractivity contribution < 1.29 is 13.9 Å². The molecule has 1 nitrogen and oxygen atoms in total. The average Bonchev–Trinajstić information content (AvgIpc) is 1.39. The Morgan fingerprint density at radius 3 is 1.38 bits per heavy atom. The molecule has 0 aromatic carbocycles. The van der Waals surface area contributed by atoms with Crippen LogP contribution in [0.1, 0.15) is 21.8 Å². The zero-order valence-corrected chi connectivity index (χ0v) is 3.87. The van der Waals surface area contributed by atoms with Gasteiger partial charge in [-0.05, 0) is 11.4 Å². The van der Waals surface area contributed by atoms with E-state index in [1.54, 1.807) is 0 Å². The van der Waals surface area contributed by atoms with Crippen molar-refractivity contribution in [2.45, 2.75) is 21.8 Å². The molecule has 0 saturated heterocycles. The lowest BCUT2D eigenvalue weighted by Crippen LogP contribution is -1.43. The number of halogens is 2. The minimum atomic E-state index is -0.250. The molecule has 56 valence electrons. The minimum Gasteiger partial charge on any atom is -0.251 e. The van der Waals surface area contributed by atoms with Crippen molar-refractivity contribution in [3.63, 3.8) is 0 Å². The predicted octanol–water partition coefficient (Wildman–Crippen LogP) is 2.77. The summed E-state index contributed by atoms with van der Waals surface area (Å²) in [6.45, 7) is 1.21. The fourth-order valence-corrected chi connectivity index (χ4v) is 0. The van der Waals surface area contributed by atoms with Crippen LogP contribution < -0.4 is 0 Å². The van der Waals surface area contributed by atoms with Crippen molar-refractivity contribution in [2.75, 3.05) is 13.8 Å². The lowest BCUT2D eigenvalue weighted by molar-refractivity contribution is -0.0960. The molecule has 0 aliphatic rings. The molecule has 0 saturated carbocycles. The zero-order valence-electron chi connectivity index (χ0n) is 3.87. The lowest BCUT2D eigenvalue weighted by Gasteiger charge is -1.51. The Balaban J connectivity index is -0.0000000160. The smallest absolute Gasteiger partial charge is 0.0866 e. The Morgan fingerprint density at radius 2 is 1.38 bits per heavy atom. The molecule has 0 radical (unpaired) electrons. The summed E-state index contributed by atoms with van der Waals surface area (Å²) in [5.74, 6) is 0. The predicted molar refractivity (Wildman–Crippen MR) is 33.2 cm³/mol. The van der Waals surface area contributed by atoms with Crippen LogP contribution in [-0.4, -0.2) is 13.8 Å². The second-order valence-corrected chi connectivity index (χ2v) is 0.422. The largest absolute Gasteiger partial charge is 0.251 e. The summed E-state index contributed by atoms with van der Waals surface area (Å²) in [4.78, 5) is 2.75. The summed E-state index contributed by atoms with van der Waals surface area (Å²) >= 11 is 0. The van der Waals surface area contributed by atoms with Gasteiger partial charge >= 0.3 is 0 Å². The first-order valence-electron chi connectivity index (χ1n) is 1.54. The Bertz CT molecular complexity index is 12.4. The molecular formula is C5H16F2O. The second-order valence-electron chi connectivity index (χ2n) is 0.422. The molecule has 0 bridgehead atoms. The molecule has 0 unspecified atom stereocenters. The van der Waals surface area contributed by atoms with Crippen LogP contribution in [0, 0.1) is 0 Å². The highest BCUT2D eigenvalue weighted by atomic mass is 19.3. The normalized spacial score (nSPS) is 4.50. The summed E-state index contributed by atoms with van der Waals surface area (Å²) in [6.07, 6.45) is 0. The maximum absolute atomic E-state index is 10.3. The third-order valence-electron chi connectivity index (χ3n) is 0. The first-order chi connectivity index (χ1) is 2.83. The molecule has 0 aliphatic heterocycles. The van der Waals surface area contributed by atoms with Gasteiger partial charge < -0.3 is 0 Å². The van der Waals surface area contributed by atoms with Gasteiger partial charge in [0.2, 0.25) is 0 Å². The van der Waals surface area contributed by atoms with Crippen molar-refractivity contribution in [3.05, 3.63) is 0 Å². The number of hydrogen-bond donors (Lipinski definition) is 0. The van der Waals surface area contributed by atoms with Crippen LogP contribution in [0.4, 0.5) is 8.92 Å². The molecule has 0 fully saturated rings. The molecule has 0 N–H and O–H groups in total. The highest BCUT2D eigenvalue weighted by Gasteiger charge is 1.39. The molecule has 0 amide bonds. The number of alkyl halides is 1. The number of rotatable bonds is 0. The van der Waals surface area contributed by atoms with Gasteiger partial charge in [0.25, 0.3) is 0 Å². The topological polar surface area (TPSA) is 9.23 Å². The second kappa shape index (κ2) is 69.7. The summed E-state index contributed by atoms with van der Waals surface area (Å²) in [6, 6.07) is 0. The standard InChI is InChI=1S/C2H5F.CH3FO.2CH4/c1-2-3;1-3-2;;/h2H2,1H3;1H3;2*1H4. The highest BCUT2D eigenvalue weighted by Crippen LogP contribution is 1.49. The average molecular weight is 130 g/mol. The molecule has 0 aromatic heterocycles. The van der Waals surface area contributed by atoms with Crippen molar-refractivity contribution in [3.8, 4) is 0 Å². The third-order valence-corrected chi connectivity index (χ3v) is 0. The molecule has 0 atom stereocenters. The van der Waals surface area contributed by atoms with E-state index in [0.717, 1.165) is 7.11 Å². The Kier molecular flexibility index (Phi) is 217. The fraction of sp³-hybridized carbons (Fsp3) is 1.00. The lowest BCUT2D eigenvalue weighted by atomic mass is 10.9. The van der Waals surface area contributed by atoms with Crippen LogP contribution in [-0.2, 0) is 4.94 Å². The van der Waals surface area contributed by atoms with Crippen LogP contribution in [0.25, 0.3) is 0 Å². The van der Waals surface area contributed by atoms with E-state index in [2.05, 4.69) is 4.94 Å². The summed E-state index contributed by atoms with van der Waals surface area (Å²) in [5, 5.41) is 0. The molecule has 0 rings (SSSR count). The van der Waals surface area contributed by atoms with E-state index in [9.17, 15) is 8.92 Å². The summed E-state index contributed by atoms with van der Waals surface area (Å²) < 4.78 is 20.1. The minimum absolute atomic E-state index is 0. The van der Waals surface area contributed by atoms with Gasteiger partial charge in [-0.15, -0.1) is 0 Å². The van der Waals surface area contributed by atoms with Gasteiger partial charge in [-0.25, -0.2) is 0 Å². The van der Waals surface area contributed by atoms with E-state index in [4.69, 9.17) is 0 Å². The molecular weight excluding hydrogens is 114 g/mol. The van der Waals surface area contributed by atoms with Gasteiger partial charge in [0.05, 0.1) is 13.8 Å². The molecule has 3 heteroatoms. The van der Waals surface area contributed by atoms with Crippen molar-refractivity contribution in [1.29, 1.82) is 0 Å². The van der Waals surface area contributed by atoms with E-state index in [1.165, 1.54) is 6.92 Å². The van der Waals surface area contributed by atoms with E-state index in [-0.39, 0.29) is 21.5 Å². The van der Waals surface area contributed by atoms with Crippen LogP contribution >= 0.6 is 0 Å². The quantitative estimate of drug-likeness (QED) is 0.490. The van der Waals surface area contributed by atoms with E-state index in [1.807, 2.05) is 0 Å². The van der Waals surface area contributed by atoms with Crippen LogP contribution in [0.2, 0.25) is 0 Å². The molecule has 0 aliphatic carbocycles. The van der Waals surface area contributed by atoms with E-state index >= 15 is 0 Å². The zero-order chi connectivity index (χ0) is 5.41. The molecule has 8 heavy (non-hydrogen) atoms. The Hall–Kier alpha value is -0.180. The Morgan fingerprint density at radius 1 is 1.38 bits per heavy atom. The first kappa shape index (κ1) is 24.9. The van der Waals surface area contributed by atoms with Gasteiger partial charge in [-0.3, -0.25) is 4.39 Å². The maximum atomic E-state index is 10.3. The van der Waals surface area contributed by atoms with Gasteiger partial charge in [0.15, 0.2) is 0 Å². The van der Waals surface area contributed by atoms with Crippen molar-refractivity contribution >= 4 is 0 Å². The van der Waals surface area contributed by atoms with Gasteiger partial charge in [0, 0.05) is 0 Å². The van der Waals surface area contributed by atoms with Gasteiger partial charge in [-0.2, -0.15) is 4.94 Å². The SMILES string of the molecule is C.C.CCF.COF. The van der Waals surface area contributed by atoms with Crippen molar-refractivity contribution in [2.24, 2.45) is 0 Å². The van der Waals surface area contributed by atoms with E-state index < -0.39 is 0 Å². The molecule has 0 spiro atoms. The Labute approximate surface area is 50.6 Å². The molecule has 0 heterocycles. The summed E-state index contributed by atoms with van der Waals surface area (Å²) in [7, 11) is 0.958. The summed E-state index contributed by atoms with van der Waals surface area (Å²) in [5.41, 5.74) is 0. The fourth-order valence-electron chi connectivity index (χ4n) is 0. The van der Waals surface area contributed by atoms with Gasteiger partial charge in [-0.1, -0.05) is 14.9 Å².